The van der Waals surface area contributed by atoms with Crippen LogP contribution in [0.1, 0.15) is 40.2 Å². The van der Waals surface area contributed by atoms with Gasteiger partial charge in [-0.25, -0.2) is 4.79 Å². The number of nitrogens with zero attached hydrogens (tertiary/aromatic N) is 1. The molecule has 3 amide bonds. The van der Waals surface area contributed by atoms with Gasteiger partial charge < -0.3 is 5.32 Å². The molecule has 3 rings (SSSR count). The van der Waals surface area contributed by atoms with Crippen molar-refractivity contribution in [2.24, 2.45) is 0 Å². The molecule has 6 heteroatoms. The Labute approximate surface area is 121 Å². The monoisotopic (exact) mass is 292 g/mol. The summed E-state index contributed by atoms with van der Waals surface area (Å²) in [5.41, 5.74) is -0.733. The lowest BCUT2D eigenvalue weighted by molar-refractivity contribution is -0.130. The number of thiophene rings is 1. The largest absolute Gasteiger partial charge is 0.325 e. The number of amides is 3. The second-order valence-corrected chi connectivity index (χ2v) is 6.73. The van der Waals surface area contributed by atoms with E-state index >= 15 is 0 Å². The number of hydrogen-bond donors (Lipinski definition) is 1. The van der Waals surface area contributed by atoms with Crippen molar-refractivity contribution in [1.82, 2.24) is 10.2 Å². The maximum atomic E-state index is 12.4. The minimum Gasteiger partial charge on any atom is -0.323 e. The number of hydrogen-bond acceptors (Lipinski definition) is 4. The molecule has 2 heterocycles. The number of rotatable bonds is 3. The zero-order valence-corrected chi connectivity index (χ0v) is 12.1. The van der Waals surface area contributed by atoms with Gasteiger partial charge in [-0.1, -0.05) is 12.8 Å². The average Bonchev–Trinajstić information content (AvgIpc) is 3.08. The van der Waals surface area contributed by atoms with Crippen molar-refractivity contribution in [1.29, 1.82) is 0 Å². The maximum absolute atomic E-state index is 12.4. The number of Topliss-reactive ketones (excluding diaryl/α,β-unsaturated/α-hetero) is 1. The van der Waals surface area contributed by atoms with Crippen LogP contribution in [0, 0.1) is 6.92 Å². The van der Waals surface area contributed by atoms with Crippen LogP contribution < -0.4 is 5.32 Å². The quantitative estimate of drug-likeness (QED) is 0.685. The molecule has 0 radical (unpaired) electrons. The number of imide groups is 1. The number of carbonyl (C=O) groups excluding carboxylic acids is 3. The van der Waals surface area contributed by atoms with Gasteiger partial charge in [-0.3, -0.25) is 14.5 Å². The first-order valence-electron chi connectivity index (χ1n) is 6.76. The van der Waals surface area contributed by atoms with Crippen LogP contribution >= 0.6 is 11.3 Å². The molecule has 1 aromatic rings. The molecule has 0 bridgehead atoms. The van der Waals surface area contributed by atoms with Crippen LogP contribution in [0.2, 0.25) is 0 Å². The third kappa shape index (κ3) is 2.04. The molecule has 1 spiro atoms. The molecule has 0 atom stereocenters. The molecule has 106 valence electrons. The number of urea groups is 1. The summed E-state index contributed by atoms with van der Waals surface area (Å²) in [5.74, 6) is -0.414. The van der Waals surface area contributed by atoms with Gasteiger partial charge in [0, 0.05) is 4.88 Å². The summed E-state index contributed by atoms with van der Waals surface area (Å²) in [6.07, 6.45) is 3.25. The highest BCUT2D eigenvalue weighted by Gasteiger charge is 2.52. The van der Waals surface area contributed by atoms with E-state index in [9.17, 15) is 14.4 Å². The molecule has 2 aliphatic rings. The van der Waals surface area contributed by atoms with Gasteiger partial charge in [0.2, 0.25) is 0 Å². The Morgan fingerprint density at radius 2 is 2.05 bits per heavy atom. The lowest BCUT2D eigenvalue weighted by Crippen LogP contribution is -2.44. The Bertz CT molecular complexity index is 587. The highest BCUT2D eigenvalue weighted by atomic mass is 32.1. The summed E-state index contributed by atoms with van der Waals surface area (Å²) < 4.78 is 0. The Morgan fingerprint density at radius 3 is 2.65 bits per heavy atom. The van der Waals surface area contributed by atoms with E-state index in [1.54, 1.807) is 6.07 Å². The van der Waals surface area contributed by atoms with Gasteiger partial charge in [0.15, 0.2) is 5.78 Å². The van der Waals surface area contributed by atoms with Crippen molar-refractivity contribution in [2.45, 2.75) is 38.1 Å². The van der Waals surface area contributed by atoms with E-state index in [2.05, 4.69) is 5.32 Å². The van der Waals surface area contributed by atoms with Gasteiger partial charge in [0.05, 0.1) is 11.4 Å². The third-order valence-electron chi connectivity index (χ3n) is 4.02. The smallest absolute Gasteiger partial charge is 0.323 e. The molecule has 0 unspecified atom stereocenters. The fraction of sp³-hybridized carbons (Fsp3) is 0.500. The van der Waals surface area contributed by atoms with Crippen LogP contribution in [0.3, 0.4) is 0 Å². The fourth-order valence-electron chi connectivity index (χ4n) is 2.94. The third-order valence-corrected chi connectivity index (χ3v) is 5.06. The van der Waals surface area contributed by atoms with E-state index in [0.717, 1.165) is 22.6 Å². The van der Waals surface area contributed by atoms with Gasteiger partial charge >= 0.3 is 6.03 Å². The molecular formula is C14H16N2O3S. The van der Waals surface area contributed by atoms with Crippen molar-refractivity contribution >= 4 is 29.1 Å². The molecule has 20 heavy (non-hydrogen) atoms. The van der Waals surface area contributed by atoms with Gasteiger partial charge in [-0.05, 0) is 31.9 Å². The van der Waals surface area contributed by atoms with Gasteiger partial charge in [0.25, 0.3) is 5.91 Å². The Morgan fingerprint density at radius 1 is 1.35 bits per heavy atom. The zero-order valence-electron chi connectivity index (χ0n) is 11.3. The number of carbonyl (C=O) groups is 3. The molecule has 5 nitrogen and oxygen atoms in total. The first-order chi connectivity index (χ1) is 9.52. The predicted octanol–water partition coefficient (Wildman–Crippen LogP) is 2.10. The van der Waals surface area contributed by atoms with E-state index in [0.29, 0.717) is 17.7 Å². The van der Waals surface area contributed by atoms with Crippen LogP contribution in [0.4, 0.5) is 4.79 Å². The first-order valence-corrected chi connectivity index (χ1v) is 7.57. The summed E-state index contributed by atoms with van der Waals surface area (Å²) in [5, 5.41) is 2.78. The van der Waals surface area contributed by atoms with Crippen molar-refractivity contribution in [2.75, 3.05) is 6.54 Å². The first kappa shape index (κ1) is 13.3. The lowest BCUT2D eigenvalue weighted by atomic mass is 9.98. The van der Waals surface area contributed by atoms with Crippen LogP contribution in [0.25, 0.3) is 0 Å². The van der Waals surface area contributed by atoms with Gasteiger partial charge in [0.1, 0.15) is 5.54 Å². The van der Waals surface area contributed by atoms with E-state index in [1.165, 1.54) is 11.3 Å². The normalized spacial score (nSPS) is 20.8. The minimum atomic E-state index is -0.733. The summed E-state index contributed by atoms with van der Waals surface area (Å²) in [4.78, 5) is 39.2. The van der Waals surface area contributed by atoms with Crippen molar-refractivity contribution in [3.05, 3.63) is 21.9 Å². The number of aryl methyl sites for hydroxylation is 1. The lowest BCUT2D eigenvalue weighted by Gasteiger charge is -2.19. The van der Waals surface area contributed by atoms with Gasteiger partial charge in [-0.15, -0.1) is 11.3 Å². The highest BCUT2D eigenvalue weighted by molar-refractivity contribution is 7.14. The van der Waals surface area contributed by atoms with E-state index in [1.807, 2.05) is 13.0 Å². The second kappa shape index (κ2) is 4.70. The molecule has 1 aromatic heterocycles. The Kier molecular flexibility index (Phi) is 3.12. The zero-order chi connectivity index (χ0) is 14.3. The molecular weight excluding hydrogens is 276 g/mol. The predicted molar refractivity (Wildman–Crippen MR) is 74.8 cm³/mol. The van der Waals surface area contributed by atoms with Crippen molar-refractivity contribution < 1.29 is 14.4 Å². The summed E-state index contributed by atoms with van der Waals surface area (Å²) >= 11 is 1.39. The SMILES string of the molecule is Cc1ccc(C(=O)CN2C(=O)NC3(CCCC3)C2=O)s1. The Hall–Kier alpha value is -1.69. The Balaban J connectivity index is 1.76. The highest BCUT2D eigenvalue weighted by Crippen LogP contribution is 2.35. The molecule has 1 N–H and O–H groups in total. The second-order valence-electron chi connectivity index (χ2n) is 5.44. The molecule has 1 saturated heterocycles. The van der Waals surface area contributed by atoms with Gasteiger partial charge in [-0.2, -0.15) is 0 Å². The van der Waals surface area contributed by atoms with Crippen molar-refractivity contribution in [3.63, 3.8) is 0 Å². The summed E-state index contributed by atoms with van der Waals surface area (Å²) in [6, 6.07) is 3.17. The minimum absolute atomic E-state index is 0.160. The molecule has 2 fully saturated rings. The van der Waals surface area contributed by atoms with E-state index in [4.69, 9.17) is 0 Å². The van der Waals surface area contributed by atoms with Crippen LogP contribution in [0.15, 0.2) is 12.1 Å². The molecule has 0 aromatic carbocycles. The maximum Gasteiger partial charge on any atom is 0.325 e. The molecule has 1 saturated carbocycles. The molecule has 1 aliphatic carbocycles. The summed E-state index contributed by atoms with van der Waals surface area (Å²) in [6.45, 7) is 1.76. The van der Waals surface area contributed by atoms with Crippen molar-refractivity contribution in [3.8, 4) is 0 Å². The summed E-state index contributed by atoms with van der Waals surface area (Å²) in [7, 11) is 0. The topological polar surface area (TPSA) is 66.5 Å². The van der Waals surface area contributed by atoms with Crippen LogP contribution in [-0.4, -0.2) is 34.7 Å². The van der Waals surface area contributed by atoms with Crippen LogP contribution in [-0.2, 0) is 4.79 Å². The standard InChI is InChI=1S/C14H16N2O3S/c1-9-4-5-11(20-9)10(17)8-16-12(18)14(15-13(16)19)6-2-3-7-14/h4-5H,2-3,6-8H2,1H3,(H,15,19). The van der Waals surface area contributed by atoms with E-state index in [-0.39, 0.29) is 18.2 Å². The fourth-order valence-corrected chi connectivity index (χ4v) is 3.74. The number of ketones is 1. The van der Waals surface area contributed by atoms with Crippen LogP contribution in [0.5, 0.6) is 0 Å². The average molecular weight is 292 g/mol. The number of nitrogens with one attached hydrogen (secondary N) is 1. The van der Waals surface area contributed by atoms with E-state index < -0.39 is 11.6 Å². The molecule has 1 aliphatic heterocycles.